The second-order valence-corrected chi connectivity index (χ2v) is 7.62. The Balaban J connectivity index is 1.61. The number of urea groups is 1. The van der Waals surface area contributed by atoms with Crippen LogP contribution in [0.25, 0.3) is 0 Å². The summed E-state index contributed by atoms with van der Waals surface area (Å²) < 4.78 is 77.4. The van der Waals surface area contributed by atoms with E-state index in [1.807, 2.05) is 5.32 Å². The van der Waals surface area contributed by atoms with Crippen LogP contribution in [0.15, 0.2) is 18.2 Å². The number of nitrogens with zero attached hydrogens (tertiary/aromatic N) is 1. The predicted molar refractivity (Wildman–Crippen MR) is 95.8 cm³/mol. The molecule has 12 heteroatoms. The van der Waals surface area contributed by atoms with Crippen molar-refractivity contribution in [2.75, 3.05) is 11.9 Å². The van der Waals surface area contributed by atoms with Gasteiger partial charge in [-0.15, -0.1) is 0 Å². The minimum Gasteiger partial charge on any atom is -0.326 e. The van der Waals surface area contributed by atoms with Gasteiger partial charge in [0.1, 0.15) is 5.54 Å². The normalized spacial score (nSPS) is 18.6. The van der Waals surface area contributed by atoms with Crippen LogP contribution >= 0.6 is 0 Å². The zero-order valence-corrected chi connectivity index (χ0v) is 16.1. The quantitative estimate of drug-likeness (QED) is 0.518. The molecule has 31 heavy (non-hydrogen) atoms. The van der Waals surface area contributed by atoms with Crippen LogP contribution < -0.4 is 10.6 Å². The number of carbonyl (C=O) groups excluding carboxylic acids is 3. The van der Waals surface area contributed by atoms with E-state index < -0.39 is 46.6 Å². The minimum atomic E-state index is -5.03. The van der Waals surface area contributed by atoms with Crippen LogP contribution in [0.1, 0.15) is 49.7 Å². The Morgan fingerprint density at radius 3 is 2.06 bits per heavy atom. The molecule has 0 aromatic heterocycles. The molecule has 1 aliphatic heterocycles. The Labute approximate surface area is 173 Å². The highest BCUT2D eigenvalue weighted by molar-refractivity contribution is 6.07. The van der Waals surface area contributed by atoms with E-state index in [9.17, 15) is 40.7 Å². The van der Waals surface area contributed by atoms with Crippen molar-refractivity contribution in [2.45, 2.75) is 56.4 Å². The van der Waals surface area contributed by atoms with Gasteiger partial charge < -0.3 is 10.6 Å². The van der Waals surface area contributed by atoms with Gasteiger partial charge >= 0.3 is 18.4 Å². The van der Waals surface area contributed by atoms with E-state index in [1.54, 1.807) is 0 Å². The topological polar surface area (TPSA) is 78.5 Å². The molecule has 0 radical (unpaired) electrons. The summed E-state index contributed by atoms with van der Waals surface area (Å²) in [6.45, 7) is -0.0871. The number of anilines is 1. The molecule has 0 bridgehead atoms. The monoisotopic (exact) mass is 451 g/mol. The fourth-order valence-corrected chi connectivity index (χ4v) is 3.85. The summed E-state index contributed by atoms with van der Waals surface area (Å²) >= 11 is 0. The van der Waals surface area contributed by atoms with E-state index >= 15 is 0 Å². The van der Waals surface area contributed by atoms with Crippen LogP contribution in [0.2, 0.25) is 0 Å². The molecule has 4 amide bonds. The van der Waals surface area contributed by atoms with Gasteiger partial charge in [0.2, 0.25) is 5.91 Å². The number of hydrogen-bond acceptors (Lipinski definition) is 3. The zero-order valence-electron chi connectivity index (χ0n) is 16.1. The number of rotatable bonds is 5. The Morgan fingerprint density at radius 2 is 1.55 bits per heavy atom. The molecular weight excluding hydrogens is 432 g/mol. The number of imide groups is 1. The Kier molecular flexibility index (Phi) is 5.94. The average Bonchev–Trinajstić information content (AvgIpc) is 3.20. The fourth-order valence-electron chi connectivity index (χ4n) is 3.85. The van der Waals surface area contributed by atoms with Crippen LogP contribution in [0.5, 0.6) is 0 Å². The number of carbonyl (C=O) groups is 3. The van der Waals surface area contributed by atoms with Gasteiger partial charge in [0.25, 0.3) is 5.91 Å². The molecule has 1 saturated heterocycles. The van der Waals surface area contributed by atoms with E-state index in [1.165, 1.54) is 0 Å². The van der Waals surface area contributed by atoms with Gasteiger partial charge in [0.15, 0.2) is 0 Å². The number of benzene rings is 1. The first-order valence-electron chi connectivity index (χ1n) is 9.55. The Morgan fingerprint density at radius 1 is 1.00 bits per heavy atom. The first kappa shape index (κ1) is 22.9. The molecule has 3 rings (SSSR count). The van der Waals surface area contributed by atoms with Crippen molar-refractivity contribution in [3.63, 3.8) is 0 Å². The molecule has 1 aromatic carbocycles. The molecule has 1 heterocycles. The molecule has 2 N–H and O–H groups in total. The van der Waals surface area contributed by atoms with Crippen molar-refractivity contribution in [3.8, 4) is 0 Å². The Bertz CT molecular complexity index is 859. The number of nitrogens with one attached hydrogen (secondary N) is 2. The van der Waals surface area contributed by atoms with Crippen molar-refractivity contribution in [1.29, 1.82) is 0 Å². The van der Waals surface area contributed by atoms with E-state index in [2.05, 4.69) is 5.32 Å². The number of alkyl halides is 6. The molecule has 170 valence electrons. The smallest absolute Gasteiger partial charge is 0.326 e. The van der Waals surface area contributed by atoms with E-state index in [0.29, 0.717) is 25.0 Å². The summed E-state index contributed by atoms with van der Waals surface area (Å²) in [7, 11) is 0. The maximum Gasteiger partial charge on any atom is 0.416 e. The lowest BCUT2D eigenvalue weighted by molar-refractivity contribution is -0.143. The third-order valence-corrected chi connectivity index (χ3v) is 5.36. The molecule has 0 unspecified atom stereocenters. The van der Waals surface area contributed by atoms with Crippen LogP contribution in [0.4, 0.5) is 36.8 Å². The molecule has 6 nitrogen and oxygen atoms in total. The second kappa shape index (κ2) is 8.04. The largest absolute Gasteiger partial charge is 0.416 e. The van der Waals surface area contributed by atoms with E-state index in [-0.39, 0.29) is 31.4 Å². The third-order valence-electron chi connectivity index (χ3n) is 5.36. The molecule has 1 aliphatic carbocycles. The number of amides is 4. The predicted octanol–water partition coefficient (Wildman–Crippen LogP) is 4.31. The number of hydrogen-bond donors (Lipinski definition) is 2. The average molecular weight is 451 g/mol. The summed E-state index contributed by atoms with van der Waals surface area (Å²) in [6.07, 6.45) is -7.68. The first-order chi connectivity index (χ1) is 14.3. The molecular formula is C19H19F6N3O3. The lowest BCUT2D eigenvalue weighted by Crippen LogP contribution is -2.44. The van der Waals surface area contributed by atoms with Crippen molar-refractivity contribution in [2.24, 2.45) is 0 Å². The lowest BCUT2D eigenvalue weighted by Gasteiger charge is -2.20. The van der Waals surface area contributed by atoms with Crippen molar-refractivity contribution in [1.82, 2.24) is 10.2 Å². The van der Waals surface area contributed by atoms with Crippen LogP contribution in [0, 0.1) is 0 Å². The summed E-state index contributed by atoms with van der Waals surface area (Å²) in [6, 6.07) is 0.217. The molecule has 0 atom stereocenters. The molecule has 1 saturated carbocycles. The third kappa shape index (κ3) is 4.93. The summed E-state index contributed by atoms with van der Waals surface area (Å²) in [4.78, 5) is 37.6. The van der Waals surface area contributed by atoms with Gasteiger partial charge in [-0.2, -0.15) is 26.3 Å². The molecule has 1 aromatic rings. The summed E-state index contributed by atoms with van der Waals surface area (Å²) in [5, 5.41) is 4.69. The van der Waals surface area contributed by atoms with Crippen molar-refractivity contribution in [3.05, 3.63) is 29.3 Å². The van der Waals surface area contributed by atoms with Gasteiger partial charge in [0.05, 0.1) is 11.1 Å². The maximum absolute atomic E-state index is 12.9. The van der Waals surface area contributed by atoms with Crippen LogP contribution in [-0.2, 0) is 21.9 Å². The Hall–Kier alpha value is -2.79. The van der Waals surface area contributed by atoms with E-state index in [0.717, 1.165) is 17.7 Å². The van der Waals surface area contributed by atoms with Gasteiger partial charge in [-0.1, -0.05) is 12.8 Å². The van der Waals surface area contributed by atoms with Crippen molar-refractivity contribution < 1.29 is 40.7 Å². The molecule has 2 aliphatic rings. The van der Waals surface area contributed by atoms with Crippen molar-refractivity contribution >= 4 is 23.5 Å². The second-order valence-electron chi connectivity index (χ2n) is 7.62. The fraction of sp³-hybridized carbons (Fsp3) is 0.526. The molecule has 2 fully saturated rings. The van der Waals surface area contributed by atoms with Crippen LogP contribution in [-0.4, -0.2) is 34.8 Å². The lowest BCUT2D eigenvalue weighted by atomic mass is 9.98. The number of halogens is 6. The minimum absolute atomic E-state index is 0.00611. The maximum atomic E-state index is 12.9. The van der Waals surface area contributed by atoms with Crippen LogP contribution in [0.3, 0.4) is 0 Å². The highest BCUT2D eigenvalue weighted by atomic mass is 19.4. The SMILES string of the molecule is O=C(CCCN1C(=O)NC2(CCCC2)C1=O)Nc1cc(C(F)(F)F)cc(C(F)(F)F)c1. The van der Waals surface area contributed by atoms with E-state index in [4.69, 9.17) is 0 Å². The van der Waals surface area contributed by atoms with Gasteiger partial charge in [-0.3, -0.25) is 14.5 Å². The molecule has 1 spiro atoms. The van der Waals surface area contributed by atoms with Gasteiger partial charge in [-0.25, -0.2) is 4.79 Å². The standard InChI is InChI=1S/C19H19F6N3O3/c20-18(21,22)11-8-12(19(23,24)25)10-13(9-11)26-14(29)4-3-7-28-15(30)17(27-16(28)31)5-1-2-6-17/h8-10H,1-7H2,(H,26,29)(H,27,31). The summed E-state index contributed by atoms with van der Waals surface area (Å²) in [5.74, 6) is -1.21. The highest BCUT2D eigenvalue weighted by Gasteiger charge is 2.52. The first-order valence-corrected chi connectivity index (χ1v) is 9.55. The van der Waals surface area contributed by atoms with Gasteiger partial charge in [0, 0.05) is 18.7 Å². The van der Waals surface area contributed by atoms with Gasteiger partial charge in [-0.05, 0) is 37.5 Å². The highest BCUT2D eigenvalue weighted by Crippen LogP contribution is 2.38. The zero-order chi connectivity index (χ0) is 23.0. The summed E-state index contributed by atoms with van der Waals surface area (Å²) in [5.41, 5.74) is -4.63.